The summed E-state index contributed by atoms with van der Waals surface area (Å²) in [6.07, 6.45) is 0. The highest BCUT2D eigenvalue weighted by Crippen LogP contribution is 2.35. The summed E-state index contributed by atoms with van der Waals surface area (Å²) < 4.78 is 33.1. The lowest BCUT2D eigenvalue weighted by Crippen LogP contribution is -2.32. The molecular formula is C13H17BrN2O3S. The van der Waals surface area contributed by atoms with Crippen molar-refractivity contribution in [1.29, 1.82) is 0 Å². The second-order valence-corrected chi connectivity index (χ2v) is 8.12. The minimum atomic E-state index is -3.50. The number of hydrogen-bond donors (Lipinski definition) is 1. The summed E-state index contributed by atoms with van der Waals surface area (Å²) in [5, 5.41) is 3.31. The molecule has 110 valence electrons. The van der Waals surface area contributed by atoms with Gasteiger partial charge in [0.05, 0.1) is 7.11 Å². The van der Waals surface area contributed by atoms with Gasteiger partial charge in [0, 0.05) is 17.6 Å². The van der Waals surface area contributed by atoms with Gasteiger partial charge in [-0.15, -0.1) is 0 Å². The molecule has 3 rings (SSSR count). The predicted molar refractivity (Wildman–Crippen MR) is 79.3 cm³/mol. The molecule has 0 radical (unpaired) electrons. The molecule has 1 aromatic rings. The Morgan fingerprint density at radius 3 is 2.55 bits per heavy atom. The third-order valence-electron chi connectivity index (χ3n) is 4.10. The lowest BCUT2D eigenvalue weighted by molar-refractivity contribution is 0.396. The fourth-order valence-corrected chi connectivity index (χ4v) is 5.25. The maximum Gasteiger partial charge on any atom is 0.246 e. The highest BCUT2D eigenvalue weighted by molar-refractivity contribution is 9.10. The van der Waals surface area contributed by atoms with Gasteiger partial charge in [0.1, 0.15) is 10.6 Å². The lowest BCUT2D eigenvalue weighted by atomic mass is 10.0. The maximum absolute atomic E-state index is 12.8. The van der Waals surface area contributed by atoms with Crippen molar-refractivity contribution in [1.82, 2.24) is 9.62 Å². The minimum Gasteiger partial charge on any atom is -0.495 e. The molecule has 20 heavy (non-hydrogen) atoms. The molecule has 0 amide bonds. The van der Waals surface area contributed by atoms with E-state index in [9.17, 15) is 8.42 Å². The topological polar surface area (TPSA) is 58.6 Å². The normalized spacial score (nSPS) is 26.7. The molecule has 0 aliphatic carbocycles. The van der Waals surface area contributed by atoms with E-state index >= 15 is 0 Å². The van der Waals surface area contributed by atoms with Gasteiger partial charge in [-0.05, 0) is 43.1 Å². The summed E-state index contributed by atoms with van der Waals surface area (Å²) >= 11 is 3.33. The zero-order valence-corrected chi connectivity index (χ0v) is 13.6. The van der Waals surface area contributed by atoms with Crippen LogP contribution in [0.5, 0.6) is 5.75 Å². The monoisotopic (exact) mass is 360 g/mol. The van der Waals surface area contributed by atoms with Crippen LogP contribution in [-0.4, -0.2) is 46.0 Å². The molecule has 7 heteroatoms. The van der Waals surface area contributed by atoms with E-state index in [1.165, 1.54) is 7.11 Å². The molecule has 2 atom stereocenters. The first-order chi connectivity index (χ1) is 9.52. The van der Waals surface area contributed by atoms with Crippen LogP contribution in [0, 0.1) is 11.8 Å². The van der Waals surface area contributed by atoms with Crippen LogP contribution in [0.3, 0.4) is 0 Å². The lowest BCUT2D eigenvalue weighted by Gasteiger charge is -2.19. The van der Waals surface area contributed by atoms with Crippen molar-refractivity contribution < 1.29 is 13.2 Å². The first-order valence-electron chi connectivity index (χ1n) is 6.57. The number of sulfonamides is 1. The maximum atomic E-state index is 12.8. The van der Waals surface area contributed by atoms with Crippen LogP contribution in [0.1, 0.15) is 0 Å². The zero-order chi connectivity index (χ0) is 14.3. The summed E-state index contributed by atoms with van der Waals surface area (Å²) in [4.78, 5) is 0.238. The van der Waals surface area contributed by atoms with Crippen LogP contribution in [0.15, 0.2) is 27.6 Å². The van der Waals surface area contributed by atoms with Crippen LogP contribution in [0.4, 0.5) is 0 Å². The van der Waals surface area contributed by atoms with E-state index in [1.54, 1.807) is 22.5 Å². The summed E-state index contributed by atoms with van der Waals surface area (Å²) in [6, 6.07) is 5.07. The number of methoxy groups -OCH3 is 1. The molecule has 0 aromatic heterocycles. The van der Waals surface area contributed by atoms with Gasteiger partial charge in [-0.2, -0.15) is 4.31 Å². The van der Waals surface area contributed by atoms with Gasteiger partial charge < -0.3 is 10.1 Å². The first kappa shape index (κ1) is 14.3. The number of hydrogen-bond acceptors (Lipinski definition) is 4. The van der Waals surface area contributed by atoms with Crippen molar-refractivity contribution in [2.24, 2.45) is 11.8 Å². The van der Waals surface area contributed by atoms with E-state index in [0.717, 1.165) is 17.6 Å². The molecule has 2 aliphatic heterocycles. The van der Waals surface area contributed by atoms with Crippen molar-refractivity contribution in [3.8, 4) is 5.75 Å². The second-order valence-electron chi connectivity index (χ2n) is 5.30. The first-order valence-corrected chi connectivity index (χ1v) is 8.80. The van der Waals surface area contributed by atoms with Crippen LogP contribution < -0.4 is 10.1 Å². The molecule has 2 heterocycles. The number of fused-ring (bicyclic) bond motifs is 1. The number of nitrogens with zero attached hydrogens (tertiary/aromatic N) is 1. The van der Waals surface area contributed by atoms with E-state index in [2.05, 4.69) is 21.2 Å². The van der Waals surface area contributed by atoms with E-state index in [1.807, 2.05) is 0 Å². The zero-order valence-electron chi connectivity index (χ0n) is 11.2. The molecule has 1 N–H and O–H groups in total. The Morgan fingerprint density at radius 1 is 1.30 bits per heavy atom. The van der Waals surface area contributed by atoms with E-state index in [4.69, 9.17) is 4.74 Å². The quantitative estimate of drug-likeness (QED) is 0.882. The van der Waals surface area contributed by atoms with Crippen LogP contribution in [0.25, 0.3) is 0 Å². The Labute approximate surface area is 127 Å². The highest BCUT2D eigenvalue weighted by Gasteiger charge is 2.42. The summed E-state index contributed by atoms with van der Waals surface area (Å²) in [7, 11) is -2.00. The predicted octanol–water partition coefficient (Wildman–Crippen LogP) is 1.30. The van der Waals surface area contributed by atoms with Gasteiger partial charge in [0.25, 0.3) is 0 Å². The number of halogens is 1. The van der Waals surface area contributed by atoms with Gasteiger partial charge in [-0.1, -0.05) is 15.9 Å². The van der Waals surface area contributed by atoms with Crippen molar-refractivity contribution in [2.45, 2.75) is 4.90 Å². The van der Waals surface area contributed by atoms with Gasteiger partial charge in [0.15, 0.2) is 0 Å². The SMILES string of the molecule is COc1ccc(Br)cc1S(=O)(=O)N1C[C@H]2CNC[C@H]2C1. The van der Waals surface area contributed by atoms with E-state index < -0.39 is 10.0 Å². The molecule has 2 fully saturated rings. The molecule has 0 bridgehead atoms. The van der Waals surface area contributed by atoms with Gasteiger partial charge in [0.2, 0.25) is 10.0 Å². The van der Waals surface area contributed by atoms with Crippen molar-refractivity contribution in [3.63, 3.8) is 0 Å². The Hall–Kier alpha value is -0.630. The van der Waals surface area contributed by atoms with Crippen LogP contribution in [0.2, 0.25) is 0 Å². The van der Waals surface area contributed by atoms with Crippen LogP contribution >= 0.6 is 15.9 Å². The van der Waals surface area contributed by atoms with Crippen LogP contribution in [-0.2, 0) is 10.0 Å². The van der Waals surface area contributed by atoms with Crippen molar-refractivity contribution in [2.75, 3.05) is 33.3 Å². The third kappa shape index (κ3) is 2.36. The fraction of sp³-hybridized carbons (Fsp3) is 0.538. The van der Waals surface area contributed by atoms with Gasteiger partial charge in [-0.25, -0.2) is 8.42 Å². The largest absolute Gasteiger partial charge is 0.495 e. The molecule has 1 aromatic carbocycles. The molecule has 5 nitrogen and oxygen atoms in total. The minimum absolute atomic E-state index is 0.238. The molecule has 0 saturated carbocycles. The molecular weight excluding hydrogens is 344 g/mol. The second kappa shape index (κ2) is 5.29. The average Bonchev–Trinajstić information content (AvgIpc) is 2.99. The van der Waals surface area contributed by atoms with E-state index in [0.29, 0.717) is 30.7 Å². The summed E-state index contributed by atoms with van der Waals surface area (Å²) in [6.45, 7) is 3.00. The Balaban J connectivity index is 1.94. The number of benzene rings is 1. The fourth-order valence-electron chi connectivity index (χ4n) is 3.00. The summed E-state index contributed by atoms with van der Waals surface area (Å²) in [5.74, 6) is 1.26. The van der Waals surface area contributed by atoms with Crippen molar-refractivity contribution in [3.05, 3.63) is 22.7 Å². The number of nitrogens with one attached hydrogen (secondary N) is 1. The molecule has 2 saturated heterocycles. The molecule has 0 spiro atoms. The van der Waals surface area contributed by atoms with E-state index in [-0.39, 0.29) is 4.90 Å². The Bertz CT molecular complexity index is 608. The van der Waals surface area contributed by atoms with Gasteiger partial charge >= 0.3 is 0 Å². The Kier molecular flexibility index (Phi) is 3.79. The number of rotatable bonds is 3. The van der Waals surface area contributed by atoms with Crippen molar-refractivity contribution >= 4 is 26.0 Å². The molecule has 2 aliphatic rings. The summed E-state index contributed by atoms with van der Waals surface area (Å²) in [5.41, 5.74) is 0. The smallest absolute Gasteiger partial charge is 0.246 e. The third-order valence-corrected chi connectivity index (χ3v) is 6.45. The standard InChI is InChI=1S/C13H17BrN2O3S/c1-19-12-3-2-11(14)4-13(12)20(17,18)16-7-9-5-15-6-10(9)8-16/h2-4,9-10,15H,5-8H2,1H3/t9-,10+. The molecule has 0 unspecified atom stereocenters. The number of ether oxygens (including phenoxy) is 1. The highest BCUT2D eigenvalue weighted by atomic mass is 79.9. The average molecular weight is 361 g/mol. The van der Waals surface area contributed by atoms with Gasteiger partial charge in [-0.3, -0.25) is 0 Å². The Morgan fingerprint density at radius 2 is 1.95 bits per heavy atom.